The van der Waals surface area contributed by atoms with Crippen LogP contribution in [0, 0.1) is 29.1 Å². The van der Waals surface area contributed by atoms with Crippen LogP contribution in [0.5, 0.6) is 5.75 Å². The van der Waals surface area contributed by atoms with Gasteiger partial charge in [0.25, 0.3) is 5.91 Å². The van der Waals surface area contributed by atoms with Gasteiger partial charge in [0.2, 0.25) is 5.82 Å². The van der Waals surface area contributed by atoms with E-state index in [0.717, 1.165) is 0 Å². The Morgan fingerprint density at radius 1 is 0.962 bits per heavy atom. The van der Waals surface area contributed by atoms with Crippen molar-refractivity contribution in [3.8, 4) is 5.75 Å². The topological polar surface area (TPSA) is 52.9 Å². The van der Waals surface area contributed by atoms with E-state index in [9.17, 15) is 31.9 Å². The summed E-state index contributed by atoms with van der Waals surface area (Å²) >= 11 is 0. The van der Waals surface area contributed by atoms with E-state index >= 15 is 0 Å². The lowest BCUT2D eigenvalue weighted by Gasteiger charge is -2.15. The Morgan fingerprint density at radius 3 is 2.08 bits per heavy atom. The number of phenols is 1. The molecule has 4 nitrogen and oxygen atoms in total. The van der Waals surface area contributed by atoms with Gasteiger partial charge >= 0.3 is 0 Å². The van der Waals surface area contributed by atoms with Crippen molar-refractivity contribution in [1.82, 2.24) is 0 Å². The van der Waals surface area contributed by atoms with E-state index in [2.05, 4.69) is 5.10 Å². The first-order valence-corrected chi connectivity index (χ1v) is 7.15. The molecular weight excluding hydrogens is 359 g/mol. The number of nitrogens with zero attached hydrogens (tertiary/aromatic N) is 2. The molecule has 1 aliphatic rings. The first-order valence-electron chi connectivity index (χ1n) is 7.15. The molecule has 2 aromatic carbocycles. The summed E-state index contributed by atoms with van der Waals surface area (Å²) in [5.41, 5.74) is -1.45. The molecule has 3 rings (SSSR count). The standard InChI is InChI=1S/C17H9F5N2O2/c1-7-9(6-8-4-2-3-5-10(8)25)17(26)24(23-7)16-14(21)12(19)11(18)13(20)15(16)22/h2-6,25H,1H3/b9-6+. The number of hydrazone groups is 1. The quantitative estimate of drug-likeness (QED) is 0.378. The van der Waals surface area contributed by atoms with Gasteiger partial charge in [-0.2, -0.15) is 10.1 Å². The Balaban J connectivity index is 2.12. The summed E-state index contributed by atoms with van der Waals surface area (Å²) in [5.74, 6) is -12.3. The van der Waals surface area contributed by atoms with E-state index in [-0.39, 0.29) is 27.6 Å². The van der Waals surface area contributed by atoms with Crippen LogP contribution in [0.25, 0.3) is 6.08 Å². The smallest absolute Gasteiger partial charge is 0.280 e. The summed E-state index contributed by atoms with van der Waals surface area (Å²) in [5, 5.41) is 13.5. The van der Waals surface area contributed by atoms with Crippen LogP contribution in [0.4, 0.5) is 27.6 Å². The lowest BCUT2D eigenvalue weighted by atomic mass is 10.1. The zero-order chi connectivity index (χ0) is 19.2. The fourth-order valence-corrected chi connectivity index (χ4v) is 2.38. The van der Waals surface area contributed by atoms with Crippen LogP contribution in [0.2, 0.25) is 0 Å². The lowest BCUT2D eigenvalue weighted by molar-refractivity contribution is -0.114. The fourth-order valence-electron chi connectivity index (χ4n) is 2.38. The van der Waals surface area contributed by atoms with Crippen molar-refractivity contribution in [2.75, 3.05) is 5.01 Å². The largest absolute Gasteiger partial charge is 0.507 e. The third kappa shape index (κ3) is 2.61. The average Bonchev–Trinajstić information content (AvgIpc) is 2.88. The molecule has 0 aliphatic carbocycles. The second-order valence-corrected chi connectivity index (χ2v) is 5.34. The molecular formula is C17H9F5N2O2. The van der Waals surface area contributed by atoms with Crippen molar-refractivity contribution >= 4 is 23.4 Å². The summed E-state index contributed by atoms with van der Waals surface area (Å²) in [7, 11) is 0. The van der Waals surface area contributed by atoms with Crippen LogP contribution >= 0.6 is 0 Å². The van der Waals surface area contributed by atoms with Gasteiger partial charge in [0.05, 0.1) is 11.3 Å². The molecule has 0 aromatic heterocycles. The molecule has 0 atom stereocenters. The molecule has 0 radical (unpaired) electrons. The van der Waals surface area contributed by atoms with Crippen molar-refractivity contribution in [1.29, 1.82) is 0 Å². The van der Waals surface area contributed by atoms with Crippen LogP contribution in [0.15, 0.2) is 34.9 Å². The average molecular weight is 368 g/mol. The second-order valence-electron chi connectivity index (χ2n) is 5.34. The van der Waals surface area contributed by atoms with Crippen molar-refractivity contribution < 1.29 is 31.9 Å². The number of halogens is 5. The Kier molecular flexibility index (Phi) is 4.23. The molecule has 0 fully saturated rings. The van der Waals surface area contributed by atoms with Gasteiger partial charge in [0, 0.05) is 5.56 Å². The summed E-state index contributed by atoms with van der Waals surface area (Å²) in [6.07, 6.45) is 1.20. The van der Waals surface area contributed by atoms with Crippen LogP contribution in [-0.2, 0) is 4.79 Å². The number of hydrogen-bond acceptors (Lipinski definition) is 3. The minimum Gasteiger partial charge on any atom is -0.507 e. The highest BCUT2D eigenvalue weighted by Crippen LogP contribution is 2.34. The first-order chi connectivity index (χ1) is 12.2. The van der Waals surface area contributed by atoms with Gasteiger partial charge < -0.3 is 5.11 Å². The maximum atomic E-state index is 13.9. The number of carbonyl (C=O) groups excluding carboxylic acids is 1. The van der Waals surface area contributed by atoms with Crippen molar-refractivity contribution in [3.05, 3.63) is 64.5 Å². The van der Waals surface area contributed by atoms with E-state index in [4.69, 9.17) is 0 Å². The highest BCUT2D eigenvalue weighted by molar-refractivity contribution is 6.32. The molecule has 2 aromatic rings. The van der Waals surface area contributed by atoms with Gasteiger partial charge in [0.15, 0.2) is 23.3 Å². The summed E-state index contributed by atoms with van der Waals surface area (Å²) < 4.78 is 67.8. The number of anilines is 1. The third-order valence-corrected chi connectivity index (χ3v) is 3.70. The van der Waals surface area contributed by atoms with Gasteiger partial charge in [0.1, 0.15) is 11.4 Å². The van der Waals surface area contributed by atoms with E-state index < -0.39 is 40.7 Å². The second kappa shape index (κ2) is 6.25. The van der Waals surface area contributed by atoms with Crippen LogP contribution in [-0.4, -0.2) is 16.7 Å². The van der Waals surface area contributed by atoms with Crippen molar-refractivity contribution in [2.45, 2.75) is 6.92 Å². The predicted octanol–water partition coefficient (Wildman–Crippen LogP) is 3.89. The molecule has 0 unspecified atom stereocenters. The minimum atomic E-state index is -2.33. The highest BCUT2D eigenvalue weighted by atomic mass is 19.2. The Morgan fingerprint density at radius 2 is 1.50 bits per heavy atom. The zero-order valence-electron chi connectivity index (χ0n) is 13.0. The fraction of sp³-hybridized carbons (Fsp3) is 0.0588. The number of phenolic OH excluding ortho intramolecular Hbond substituents is 1. The molecule has 1 heterocycles. The maximum absolute atomic E-state index is 13.9. The molecule has 0 spiro atoms. The SMILES string of the molecule is CC1=NN(c2c(F)c(F)c(F)c(F)c2F)C(=O)/C1=C/c1ccccc1O. The van der Waals surface area contributed by atoms with Gasteiger partial charge in [-0.1, -0.05) is 18.2 Å². The Hall–Kier alpha value is -3.23. The molecule has 1 aliphatic heterocycles. The van der Waals surface area contributed by atoms with Gasteiger partial charge in [-0.05, 0) is 19.1 Å². The maximum Gasteiger partial charge on any atom is 0.280 e. The monoisotopic (exact) mass is 368 g/mol. The molecule has 0 saturated heterocycles. The van der Waals surface area contributed by atoms with Crippen LogP contribution in [0.3, 0.4) is 0 Å². The molecule has 1 amide bonds. The zero-order valence-corrected chi connectivity index (χ0v) is 13.0. The van der Waals surface area contributed by atoms with E-state index in [1.807, 2.05) is 0 Å². The molecule has 134 valence electrons. The number of rotatable bonds is 2. The summed E-state index contributed by atoms with van der Waals surface area (Å²) in [6.45, 7) is 1.32. The molecule has 0 saturated carbocycles. The number of aromatic hydroxyl groups is 1. The van der Waals surface area contributed by atoms with Crippen LogP contribution in [0.1, 0.15) is 12.5 Å². The highest BCUT2D eigenvalue weighted by Gasteiger charge is 2.37. The minimum absolute atomic E-state index is 0.0257. The summed E-state index contributed by atoms with van der Waals surface area (Å²) in [6, 6.07) is 5.92. The van der Waals surface area contributed by atoms with Crippen LogP contribution < -0.4 is 5.01 Å². The number of carbonyl (C=O) groups is 1. The predicted molar refractivity (Wildman–Crippen MR) is 82.9 cm³/mol. The number of hydrogen-bond donors (Lipinski definition) is 1. The first kappa shape index (κ1) is 17.6. The Bertz CT molecular complexity index is 972. The number of para-hydroxylation sites is 1. The molecule has 0 bridgehead atoms. The third-order valence-electron chi connectivity index (χ3n) is 3.70. The van der Waals surface area contributed by atoms with E-state index in [1.165, 1.54) is 31.2 Å². The van der Waals surface area contributed by atoms with E-state index in [0.29, 0.717) is 0 Å². The van der Waals surface area contributed by atoms with Crippen molar-refractivity contribution in [2.24, 2.45) is 5.10 Å². The Labute approximate surface area is 143 Å². The van der Waals surface area contributed by atoms with E-state index in [1.54, 1.807) is 6.07 Å². The molecule has 9 heteroatoms. The summed E-state index contributed by atoms with van der Waals surface area (Å²) in [4.78, 5) is 12.4. The molecule has 26 heavy (non-hydrogen) atoms. The number of amides is 1. The van der Waals surface area contributed by atoms with Crippen molar-refractivity contribution in [3.63, 3.8) is 0 Å². The van der Waals surface area contributed by atoms with Gasteiger partial charge in [-0.15, -0.1) is 0 Å². The lowest BCUT2D eigenvalue weighted by Crippen LogP contribution is -2.25. The molecule has 1 N–H and O–H groups in total. The van der Waals surface area contributed by atoms with Gasteiger partial charge in [-0.25, -0.2) is 22.0 Å². The van der Waals surface area contributed by atoms with Gasteiger partial charge in [-0.3, -0.25) is 4.79 Å². The normalized spacial score (nSPS) is 15.8. The number of benzene rings is 2.